The lowest BCUT2D eigenvalue weighted by atomic mass is 10.2. The van der Waals surface area contributed by atoms with Crippen molar-refractivity contribution in [2.75, 3.05) is 6.61 Å². The average Bonchev–Trinajstić information content (AvgIpc) is 2.26. The van der Waals surface area contributed by atoms with Crippen LogP contribution >= 0.6 is 0 Å². The minimum Gasteiger partial charge on any atom is -0.476 e. The third-order valence-electron chi connectivity index (χ3n) is 1.97. The number of rotatable bonds is 4. The van der Waals surface area contributed by atoms with Gasteiger partial charge in [0, 0.05) is 6.07 Å². The number of ether oxygens (including phenoxy) is 2. The Balaban J connectivity index is 2.75. The van der Waals surface area contributed by atoms with E-state index in [1.54, 1.807) is 20.8 Å². The molecule has 1 heterocycles. The number of hydrogen-bond donors (Lipinski definition) is 0. The second kappa shape index (κ2) is 6.15. The molecule has 9 heteroatoms. The fourth-order valence-electron chi connectivity index (χ4n) is 1.33. The highest BCUT2D eigenvalue weighted by atomic mass is 19.4. The molecule has 1 aromatic rings. The maximum atomic E-state index is 12.2. The van der Waals surface area contributed by atoms with E-state index in [1.165, 1.54) is 0 Å². The first-order valence-electron chi connectivity index (χ1n) is 5.95. The van der Waals surface area contributed by atoms with Crippen LogP contribution in [-0.2, 0) is 16.1 Å². The van der Waals surface area contributed by atoms with E-state index in [9.17, 15) is 22.8 Å². The fraction of sp³-hybridized carbons (Fsp3) is 0.583. The lowest BCUT2D eigenvalue weighted by Crippen LogP contribution is -2.32. The van der Waals surface area contributed by atoms with Crippen molar-refractivity contribution in [2.24, 2.45) is 0 Å². The molecule has 0 saturated carbocycles. The van der Waals surface area contributed by atoms with Crippen LogP contribution in [0.25, 0.3) is 0 Å². The molecular formula is C12H15F3N2O4. The Bertz CT molecular complexity index is 561. The highest BCUT2D eigenvalue weighted by Gasteiger charge is 2.29. The number of esters is 1. The van der Waals surface area contributed by atoms with E-state index < -0.39 is 42.2 Å². The van der Waals surface area contributed by atoms with Crippen LogP contribution in [0.15, 0.2) is 17.1 Å². The molecule has 0 aliphatic heterocycles. The van der Waals surface area contributed by atoms with Gasteiger partial charge < -0.3 is 9.47 Å². The van der Waals surface area contributed by atoms with Crippen LogP contribution in [0.1, 0.15) is 20.8 Å². The van der Waals surface area contributed by atoms with Gasteiger partial charge in [0.05, 0.1) is 6.20 Å². The van der Waals surface area contributed by atoms with Crippen molar-refractivity contribution in [3.05, 3.63) is 22.6 Å². The van der Waals surface area contributed by atoms with Crippen molar-refractivity contribution >= 4 is 5.97 Å². The van der Waals surface area contributed by atoms with Crippen LogP contribution in [0.3, 0.4) is 0 Å². The molecule has 1 rings (SSSR count). The van der Waals surface area contributed by atoms with E-state index in [4.69, 9.17) is 9.47 Å². The van der Waals surface area contributed by atoms with Crippen LogP contribution in [-0.4, -0.2) is 34.1 Å². The molecular weight excluding hydrogens is 293 g/mol. The summed E-state index contributed by atoms with van der Waals surface area (Å²) in [5.41, 5.74) is -1.80. The summed E-state index contributed by atoms with van der Waals surface area (Å²) < 4.78 is 46.8. The van der Waals surface area contributed by atoms with E-state index in [-0.39, 0.29) is 4.68 Å². The Morgan fingerprint density at radius 2 is 1.95 bits per heavy atom. The smallest absolute Gasteiger partial charge is 0.408 e. The fourth-order valence-corrected chi connectivity index (χ4v) is 1.33. The molecule has 0 aliphatic rings. The molecule has 118 valence electrons. The summed E-state index contributed by atoms with van der Waals surface area (Å²) in [6.07, 6.45) is -3.60. The summed E-state index contributed by atoms with van der Waals surface area (Å²) in [5.74, 6) is -1.14. The molecule has 0 fully saturated rings. The molecule has 0 N–H and O–H groups in total. The quantitative estimate of drug-likeness (QED) is 0.789. The lowest BCUT2D eigenvalue weighted by molar-refractivity contribution is -0.157. The van der Waals surface area contributed by atoms with Gasteiger partial charge in [0.2, 0.25) is 0 Å². The van der Waals surface area contributed by atoms with Crippen molar-refractivity contribution in [3.8, 4) is 5.75 Å². The second-order valence-corrected chi connectivity index (χ2v) is 5.15. The molecule has 0 aromatic carbocycles. The number of nitrogens with zero attached hydrogens (tertiary/aromatic N) is 2. The van der Waals surface area contributed by atoms with Gasteiger partial charge in [-0.2, -0.15) is 18.3 Å². The van der Waals surface area contributed by atoms with Crippen LogP contribution < -0.4 is 10.3 Å². The first-order valence-corrected chi connectivity index (χ1v) is 5.95. The summed E-state index contributed by atoms with van der Waals surface area (Å²) in [7, 11) is 0. The molecule has 21 heavy (non-hydrogen) atoms. The van der Waals surface area contributed by atoms with Crippen molar-refractivity contribution in [1.29, 1.82) is 0 Å². The number of hydrogen-bond acceptors (Lipinski definition) is 5. The maximum Gasteiger partial charge on any atom is 0.408 e. The molecule has 1 aromatic heterocycles. The van der Waals surface area contributed by atoms with Gasteiger partial charge in [-0.05, 0) is 20.8 Å². The van der Waals surface area contributed by atoms with Crippen molar-refractivity contribution in [2.45, 2.75) is 39.1 Å². The molecule has 0 atom stereocenters. The lowest BCUT2D eigenvalue weighted by Gasteiger charge is -2.19. The normalized spacial score (nSPS) is 12.1. The minimum absolute atomic E-state index is 0.213. The predicted molar refractivity (Wildman–Crippen MR) is 65.9 cm³/mol. The highest BCUT2D eigenvalue weighted by molar-refractivity contribution is 5.71. The van der Waals surface area contributed by atoms with Gasteiger partial charge in [0.25, 0.3) is 0 Å². The molecule has 0 amide bonds. The standard InChI is InChI=1S/C12H15F3N2O4/c1-11(2,3)21-9(18)6-20-8-4-5-16-17(10(8)19)7-12(13,14)15/h4-5H,6-7H2,1-3H3. The summed E-state index contributed by atoms with van der Waals surface area (Å²) in [4.78, 5) is 23.1. The Morgan fingerprint density at radius 1 is 1.33 bits per heavy atom. The van der Waals surface area contributed by atoms with Gasteiger partial charge in [-0.3, -0.25) is 4.79 Å². The zero-order chi connectivity index (χ0) is 16.3. The number of aromatic nitrogens is 2. The summed E-state index contributed by atoms with van der Waals surface area (Å²) in [6.45, 7) is 2.83. The topological polar surface area (TPSA) is 70.4 Å². The van der Waals surface area contributed by atoms with Crippen molar-refractivity contribution in [3.63, 3.8) is 0 Å². The second-order valence-electron chi connectivity index (χ2n) is 5.15. The third-order valence-corrected chi connectivity index (χ3v) is 1.97. The Morgan fingerprint density at radius 3 is 2.48 bits per heavy atom. The van der Waals surface area contributed by atoms with Crippen LogP contribution in [0, 0.1) is 0 Å². The van der Waals surface area contributed by atoms with Crippen molar-refractivity contribution in [1.82, 2.24) is 9.78 Å². The van der Waals surface area contributed by atoms with Crippen LogP contribution in [0.5, 0.6) is 5.75 Å². The summed E-state index contributed by atoms with van der Waals surface area (Å²) in [5, 5.41) is 3.30. The molecule has 0 bridgehead atoms. The molecule has 0 aliphatic carbocycles. The monoisotopic (exact) mass is 308 g/mol. The SMILES string of the molecule is CC(C)(C)OC(=O)COc1ccnn(CC(F)(F)F)c1=O. The Hall–Kier alpha value is -2.06. The van der Waals surface area contributed by atoms with E-state index >= 15 is 0 Å². The van der Waals surface area contributed by atoms with E-state index in [0.29, 0.717) is 0 Å². The molecule has 0 radical (unpaired) electrons. The molecule has 0 unspecified atom stereocenters. The molecule has 6 nitrogen and oxygen atoms in total. The van der Waals surface area contributed by atoms with Gasteiger partial charge in [-0.25, -0.2) is 9.48 Å². The number of alkyl halides is 3. The largest absolute Gasteiger partial charge is 0.476 e. The third kappa shape index (κ3) is 6.28. The van der Waals surface area contributed by atoms with Gasteiger partial charge in [0.1, 0.15) is 12.1 Å². The Labute approximate surface area is 118 Å². The van der Waals surface area contributed by atoms with E-state index in [2.05, 4.69) is 5.10 Å². The summed E-state index contributed by atoms with van der Waals surface area (Å²) in [6, 6.07) is 1.08. The first kappa shape index (κ1) is 17.0. The highest BCUT2D eigenvalue weighted by Crippen LogP contribution is 2.16. The summed E-state index contributed by atoms with van der Waals surface area (Å²) >= 11 is 0. The average molecular weight is 308 g/mol. The van der Waals surface area contributed by atoms with Gasteiger partial charge in [-0.1, -0.05) is 0 Å². The Kier molecular flexibility index (Phi) is 4.97. The predicted octanol–water partition coefficient (Wildman–Crippen LogP) is 1.53. The number of carbonyl (C=O) groups is 1. The zero-order valence-electron chi connectivity index (χ0n) is 11.7. The first-order chi connectivity index (χ1) is 9.48. The van der Waals surface area contributed by atoms with Crippen molar-refractivity contribution < 1.29 is 27.4 Å². The minimum atomic E-state index is -4.58. The molecule has 0 saturated heterocycles. The van der Waals surface area contributed by atoms with Gasteiger partial charge in [0.15, 0.2) is 12.4 Å². The zero-order valence-corrected chi connectivity index (χ0v) is 11.7. The van der Waals surface area contributed by atoms with E-state index in [1.807, 2.05) is 0 Å². The molecule has 0 spiro atoms. The number of halogens is 3. The van der Waals surface area contributed by atoms with Crippen LogP contribution in [0.4, 0.5) is 13.2 Å². The number of carbonyl (C=O) groups excluding carboxylic acids is 1. The van der Waals surface area contributed by atoms with Crippen LogP contribution in [0.2, 0.25) is 0 Å². The maximum absolute atomic E-state index is 12.2. The van der Waals surface area contributed by atoms with Gasteiger partial charge >= 0.3 is 17.7 Å². The van der Waals surface area contributed by atoms with E-state index in [0.717, 1.165) is 12.3 Å². The van der Waals surface area contributed by atoms with Gasteiger partial charge in [-0.15, -0.1) is 0 Å².